The first kappa shape index (κ1) is 16.7. The van der Waals surface area contributed by atoms with Gasteiger partial charge in [-0.05, 0) is 37.3 Å². The Labute approximate surface area is 150 Å². The normalized spacial score (nSPS) is 21.4. The van der Waals surface area contributed by atoms with Gasteiger partial charge < -0.3 is 19.9 Å². The molecule has 2 aliphatic carbocycles. The maximum atomic E-state index is 12.9. The van der Waals surface area contributed by atoms with Crippen LogP contribution in [0.1, 0.15) is 44.1 Å². The highest BCUT2D eigenvalue weighted by atomic mass is 16.5. The van der Waals surface area contributed by atoms with Crippen molar-refractivity contribution >= 4 is 11.7 Å². The second kappa shape index (κ2) is 7.65. The number of carbonyl (C=O) groups is 1. The first-order valence-electron chi connectivity index (χ1n) is 9.79. The summed E-state index contributed by atoms with van der Waals surface area (Å²) < 4.78 is 5.46. The summed E-state index contributed by atoms with van der Waals surface area (Å²) in [7, 11) is 0. The average Bonchev–Trinajstić information content (AvgIpc) is 3.34. The summed E-state index contributed by atoms with van der Waals surface area (Å²) in [5.74, 6) is 0. The van der Waals surface area contributed by atoms with Gasteiger partial charge in [0.25, 0.3) is 0 Å². The number of anilines is 1. The third-order valence-corrected chi connectivity index (χ3v) is 5.67. The number of ether oxygens (including phenoxy) is 1. The second-order valence-electron chi connectivity index (χ2n) is 7.46. The van der Waals surface area contributed by atoms with E-state index in [4.69, 9.17) is 4.74 Å². The van der Waals surface area contributed by atoms with Gasteiger partial charge in [-0.2, -0.15) is 0 Å². The SMILES string of the molecule is O=C(NCc1ccccc1N1CCOCC1)N(C1CCCC1)C1CC1. The third kappa shape index (κ3) is 3.92. The van der Waals surface area contributed by atoms with Crippen LogP contribution in [0.4, 0.5) is 10.5 Å². The van der Waals surface area contributed by atoms with Gasteiger partial charge in [-0.3, -0.25) is 0 Å². The van der Waals surface area contributed by atoms with Crippen LogP contribution in [0.25, 0.3) is 0 Å². The second-order valence-corrected chi connectivity index (χ2v) is 7.46. The van der Waals surface area contributed by atoms with E-state index in [9.17, 15) is 4.79 Å². The van der Waals surface area contributed by atoms with Gasteiger partial charge in [0, 0.05) is 37.4 Å². The molecule has 0 radical (unpaired) electrons. The molecule has 1 aromatic rings. The molecule has 2 amide bonds. The van der Waals surface area contributed by atoms with E-state index in [2.05, 4.69) is 39.4 Å². The molecule has 0 atom stereocenters. The van der Waals surface area contributed by atoms with Gasteiger partial charge in [-0.25, -0.2) is 4.79 Å². The number of nitrogens with zero attached hydrogens (tertiary/aromatic N) is 2. The minimum Gasteiger partial charge on any atom is -0.378 e. The van der Waals surface area contributed by atoms with Crippen molar-refractivity contribution in [3.8, 4) is 0 Å². The lowest BCUT2D eigenvalue weighted by atomic mass is 10.1. The largest absolute Gasteiger partial charge is 0.378 e. The predicted octanol–water partition coefficient (Wildman–Crippen LogP) is 3.14. The first-order chi connectivity index (χ1) is 12.3. The minimum atomic E-state index is 0.131. The molecule has 1 aromatic carbocycles. The Morgan fingerprint density at radius 2 is 1.76 bits per heavy atom. The van der Waals surface area contributed by atoms with Crippen molar-refractivity contribution in [1.82, 2.24) is 10.2 Å². The molecule has 136 valence electrons. The number of rotatable bonds is 5. The average molecular weight is 343 g/mol. The van der Waals surface area contributed by atoms with E-state index in [1.165, 1.54) is 49.8 Å². The Kier molecular flexibility index (Phi) is 5.11. The van der Waals surface area contributed by atoms with Gasteiger partial charge in [0.2, 0.25) is 0 Å². The van der Waals surface area contributed by atoms with Crippen LogP contribution in [-0.4, -0.2) is 49.3 Å². The zero-order valence-electron chi connectivity index (χ0n) is 15.0. The van der Waals surface area contributed by atoms with Gasteiger partial charge in [-0.1, -0.05) is 31.0 Å². The van der Waals surface area contributed by atoms with Gasteiger partial charge in [-0.15, -0.1) is 0 Å². The number of hydrogen-bond acceptors (Lipinski definition) is 3. The number of amides is 2. The van der Waals surface area contributed by atoms with Crippen LogP contribution in [0.5, 0.6) is 0 Å². The Bertz CT molecular complexity index is 590. The van der Waals surface area contributed by atoms with E-state index in [-0.39, 0.29) is 6.03 Å². The van der Waals surface area contributed by atoms with E-state index < -0.39 is 0 Å². The Morgan fingerprint density at radius 1 is 1.08 bits per heavy atom. The highest BCUT2D eigenvalue weighted by Gasteiger charge is 2.38. The fourth-order valence-corrected chi connectivity index (χ4v) is 4.20. The van der Waals surface area contributed by atoms with Gasteiger partial charge in [0.15, 0.2) is 0 Å². The molecular formula is C20H29N3O2. The lowest BCUT2D eigenvalue weighted by Gasteiger charge is -2.32. The molecule has 0 bridgehead atoms. The Hall–Kier alpha value is -1.75. The predicted molar refractivity (Wildman–Crippen MR) is 98.8 cm³/mol. The van der Waals surface area contributed by atoms with E-state index in [1.807, 2.05) is 0 Å². The highest BCUT2D eigenvalue weighted by Crippen LogP contribution is 2.34. The van der Waals surface area contributed by atoms with Crippen LogP contribution in [0.3, 0.4) is 0 Å². The topological polar surface area (TPSA) is 44.8 Å². The van der Waals surface area contributed by atoms with Crippen molar-refractivity contribution in [2.45, 2.75) is 57.2 Å². The fourth-order valence-electron chi connectivity index (χ4n) is 4.20. The van der Waals surface area contributed by atoms with Crippen molar-refractivity contribution in [2.75, 3.05) is 31.2 Å². The summed E-state index contributed by atoms with van der Waals surface area (Å²) in [5.41, 5.74) is 2.42. The minimum absolute atomic E-state index is 0.131. The lowest BCUT2D eigenvalue weighted by Crippen LogP contribution is -2.46. The number of morpholine rings is 1. The van der Waals surface area contributed by atoms with Crippen molar-refractivity contribution in [2.24, 2.45) is 0 Å². The summed E-state index contributed by atoms with van der Waals surface area (Å²) in [6, 6.07) is 9.49. The monoisotopic (exact) mass is 343 g/mol. The molecule has 0 aromatic heterocycles. The highest BCUT2D eigenvalue weighted by molar-refractivity contribution is 5.75. The smallest absolute Gasteiger partial charge is 0.318 e. The van der Waals surface area contributed by atoms with Crippen molar-refractivity contribution < 1.29 is 9.53 Å². The van der Waals surface area contributed by atoms with Gasteiger partial charge >= 0.3 is 6.03 Å². The number of carbonyl (C=O) groups excluding carboxylic acids is 1. The first-order valence-corrected chi connectivity index (χ1v) is 9.79. The maximum absolute atomic E-state index is 12.9. The third-order valence-electron chi connectivity index (χ3n) is 5.67. The van der Waals surface area contributed by atoms with Crippen molar-refractivity contribution in [3.05, 3.63) is 29.8 Å². The summed E-state index contributed by atoms with van der Waals surface area (Å²) in [6.07, 6.45) is 7.23. The van der Waals surface area contributed by atoms with E-state index in [0.717, 1.165) is 26.3 Å². The molecule has 4 rings (SSSR count). The summed E-state index contributed by atoms with van der Waals surface area (Å²) in [4.78, 5) is 17.4. The van der Waals surface area contributed by atoms with Crippen molar-refractivity contribution in [3.63, 3.8) is 0 Å². The molecule has 1 N–H and O–H groups in total. The molecule has 0 spiro atoms. The van der Waals surface area contributed by atoms with Crippen LogP contribution < -0.4 is 10.2 Å². The maximum Gasteiger partial charge on any atom is 0.318 e. The van der Waals surface area contributed by atoms with E-state index in [0.29, 0.717) is 18.6 Å². The molecular weight excluding hydrogens is 314 g/mol. The summed E-state index contributed by atoms with van der Waals surface area (Å²) in [5, 5.41) is 3.21. The van der Waals surface area contributed by atoms with Crippen LogP contribution in [0.15, 0.2) is 24.3 Å². The van der Waals surface area contributed by atoms with Crippen molar-refractivity contribution in [1.29, 1.82) is 0 Å². The number of urea groups is 1. The zero-order valence-corrected chi connectivity index (χ0v) is 15.0. The van der Waals surface area contributed by atoms with Crippen LogP contribution in [0.2, 0.25) is 0 Å². The number of hydrogen-bond donors (Lipinski definition) is 1. The number of para-hydroxylation sites is 1. The van der Waals surface area contributed by atoms with E-state index in [1.54, 1.807) is 0 Å². The molecule has 5 nitrogen and oxygen atoms in total. The molecule has 0 unspecified atom stereocenters. The van der Waals surface area contributed by atoms with Gasteiger partial charge in [0.05, 0.1) is 13.2 Å². The number of nitrogens with one attached hydrogen (secondary N) is 1. The molecule has 25 heavy (non-hydrogen) atoms. The molecule has 2 saturated carbocycles. The van der Waals surface area contributed by atoms with E-state index >= 15 is 0 Å². The van der Waals surface area contributed by atoms with Gasteiger partial charge in [0.1, 0.15) is 0 Å². The molecule has 5 heteroatoms. The number of benzene rings is 1. The Balaban J connectivity index is 1.41. The quantitative estimate of drug-likeness (QED) is 0.893. The molecule has 1 aliphatic heterocycles. The lowest BCUT2D eigenvalue weighted by molar-refractivity contribution is 0.122. The zero-order chi connectivity index (χ0) is 17.1. The fraction of sp³-hybridized carbons (Fsp3) is 0.650. The Morgan fingerprint density at radius 3 is 2.48 bits per heavy atom. The molecule has 3 aliphatic rings. The molecule has 1 saturated heterocycles. The standard InChI is InChI=1S/C20H29N3O2/c24-20(23(18-9-10-18)17-6-2-3-7-17)21-15-16-5-1-4-8-19(16)22-11-13-25-14-12-22/h1,4-5,8,17-18H,2-3,6-7,9-15H2,(H,21,24). The molecule has 3 fully saturated rings. The molecule has 1 heterocycles. The summed E-state index contributed by atoms with van der Waals surface area (Å²) >= 11 is 0. The van der Waals surface area contributed by atoms with Crippen LogP contribution in [-0.2, 0) is 11.3 Å². The summed E-state index contributed by atoms with van der Waals surface area (Å²) in [6.45, 7) is 3.99. The van der Waals surface area contributed by atoms with Crippen LogP contribution in [0, 0.1) is 0 Å². The van der Waals surface area contributed by atoms with Crippen LogP contribution >= 0.6 is 0 Å².